The summed E-state index contributed by atoms with van der Waals surface area (Å²) in [6.45, 7) is 0.473. The maximum absolute atomic E-state index is 6.01. The predicted molar refractivity (Wildman–Crippen MR) is 79.5 cm³/mol. The average Bonchev–Trinajstić information content (AvgIpc) is 2.83. The molecule has 102 valence electrons. The van der Waals surface area contributed by atoms with Crippen LogP contribution in [0, 0.1) is 0 Å². The van der Waals surface area contributed by atoms with Gasteiger partial charge in [0.2, 0.25) is 0 Å². The lowest BCUT2D eigenvalue weighted by Gasteiger charge is -2.15. The highest BCUT2D eigenvalue weighted by molar-refractivity contribution is 9.10. The van der Waals surface area contributed by atoms with Crippen LogP contribution >= 0.6 is 27.5 Å². The molecule has 1 heterocycles. The van der Waals surface area contributed by atoms with Crippen LogP contribution in [-0.4, -0.2) is 14.2 Å². The van der Waals surface area contributed by atoms with Gasteiger partial charge in [0.1, 0.15) is 18.1 Å². The molecule has 1 atom stereocenters. The fraction of sp³-hybridized carbons (Fsp3) is 0.286. The molecule has 0 radical (unpaired) electrons. The van der Waals surface area contributed by atoms with E-state index in [-0.39, 0.29) is 6.04 Å². The number of ether oxygens (including phenoxy) is 1. The summed E-state index contributed by atoms with van der Waals surface area (Å²) in [4.78, 5) is 0. The molecular weight excluding hydrogens is 330 g/mol. The Morgan fingerprint density at radius 1 is 1.37 bits per heavy atom. The fourth-order valence-electron chi connectivity index (χ4n) is 1.93. The van der Waals surface area contributed by atoms with Gasteiger partial charge >= 0.3 is 0 Å². The van der Waals surface area contributed by atoms with Crippen molar-refractivity contribution in [2.75, 3.05) is 14.2 Å². The third-order valence-electron chi connectivity index (χ3n) is 2.82. The van der Waals surface area contributed by atoms with E-state index in [4.69, 9.17) is 20.8 Å². The zero-order valence-electron chi connectivity index (χ0n) is 10.7. The normalized spacial score (nSPS) is 12.6. The van der Waals surface area contributed by atoms with Crippen molar-refractivity contribution in [3.8, 4) is 0 Å². The van der Waals surface area contributed by atoms with Crippen LogP contribution in [0.15, 0.2) is 39.2 Å². The van der Waals surface area contributed by atoms with Crippen molar-refractivity contribution in [1.29, 1.82) is 0 Å². The van der Waals surface area contributed by atoms with Gasteiger partial charge in [-0.3, -0.25) is 0 Å². The lowest BCUT2D eigenvalue weighted by atomic mass is 10.1. The Balaban J connectivity index is 2.29. The van der Waals surface area contributed by atoms with E-state index in [0.717, 1.165) is 21.6 Å². The average molecular weight is 345 g/mol. The zero-order chi connectivity index (χ0) is 13.8. The third-order valence-corrected chi connectivity index (χ3v) is 4.03. The molecule has 0 aliphatic carbocycles. The Labute approximate surface area is 126 Å². The minimum atomic E-state index is -0.0147. The topological polar surface area (TPSA) is 34.4 Å². The highest BCUT2D eigenvalue weighted by atomic mass is 79.9. The molecule has 0 aliphatic rings. The van der Waals surface area contributed by atoms with Crippen molar-refractivity contribution in [2.45, 2.75) is 12.6 Å². The Morgan fingerprint density at radius 3 is 2.79 bits per heavy atom. The number of rotatable bonds is 5. The predicted octanol–water partition coefficient (Wildman–Crippen LogP) is 4.15. The van der Waals surface area contributed by atoms with E-state index >= 15 is 0 Å². The van der Waals surface area contributed by atoms with Crippen LogP contribution in [0.25, 0.3) is 0 Å². The minimum absolute atomic E-state index is 0.0147. The number of hydrogen-bond donors (Lipinski definition) is 1. The maximum atomic E-state index is 6.01. The molecule has 0 saturated carbocycles. The molecule has 0 bridgehead atoms. The van der Waals surface area contributed by atoms with Crippen LogP contribution in [-0.2, 0) is 11.3 Å². The van der Waals surface area contributed by atoms with Gasteiger partial charge in [0.15, 0.2) is 0 Å². The lowest BCUT2D eigenvalue weighted by molar-refractivity contribution is 0.162. The highest BCUT2D eigenvalue weighted by Crippen LogP contribution is 2.29. The van der Waals surface area contributed by atoms with Crippen LogP contribution < -0.4 is 5.32 Å². The quantitative estimate of drug-likeness (QED) is 0.885. The summed E-state index contributed by atoms with van der Waals surface area (Å²) in [7, 11) is 3.54. The molecule has 2 rings (SSSR count). The molecule has 1 unspecified atom stereocenters. The first-order valence-electron chi connectivity index (χ1n) is 5.85. The molecule has 1 aromatic heterocycles. The molecule has 1 aromatic carbocycles. The Bertz CT molecular complexity index is 556. The van der Waals surface area contributed by atoms with Gasteiger partial charge in [-0.25, -0.2) is 0 Å². The van der Waals surface area contributed by atoms with Gasteiger partial charge in [0.05, 0.1) is 11.1 Å². The second-order valence-corrected chi connectivity index (χ2v) is 5.39. The first-order valence-corrected chi connectivity index (χ1v) is 7.02. The van der Waals surface area contributed by atoms with E-state index in [1.54, 1.807) is 7.11 Å². The van der Waals surface area contributed by atoms with Crippen LogP contribution in [0.1, 0.15) is 23.1 Å². The first kappa shape index (κ1) is 14.6. The summed E-state index contributed by atoms with van der Waals surface area (Å²) in [6.07, 6.45) is 0. The zero-order valence-corrected chi connectivity index (χ0v) is 13.1. The summed E-state index contributed by atoms with van der Waals surface area (Å²) >= 11 is 9.45. The Hall–Kier alpha value is -0.810. The first-order chi connectivity index (χ1) is 9.15. The summed E-state index contributed by atoms with van der Waals surface area (Å²) < 4.78 is 11.7. The number of hydrogen-bond acceptors (Lipinski definition) is 3. The van der Waals surface area contributed by atoms with Crippen molar-refractivity contribution in [3.05, 3.63) is 56.9 Å². The molecular formula is C14H15BrClNO2. The number of furan rings is 1. The molecule has 19 heavy (non-hydrogen) atoms. The van der Waals surface area contributed by atoms with Crippen LogP contribution in [0.3, 0.4) is 0 Å². The highest BCUT2D eigenvalue weighted by Gasteiger charge is 2.17. The van der Waals surface area contributed by atoms with Crippen molar-refractivity contribution in [3.63, 3.8) is 0 Å². The third kappa shape index (κ3) is 3.39. The van der Waals surface area contributed by atoms with Gasteiger partial charge in [0, 0.05) is 11.6 Å². The van der Waals surface area contributed by atoms with E-state index in [0.29, 0.717) is 11.6 Å². The van der Waals surface area contributed by atoms with Crippen LogP contribution in [0.2, 0.25) is 5.02 Å². The SMILES string of the molecule is CNC(c1ccc(Cl)c(Br)c1)c1ccc(COC)o1. The molecule has 2 aromatic rings. The van der Waals surface area contributed by atoms with E-state index in [9.17, 15) is 0 Å². The van der Waals surface area contributed by atoms with E-state index in [1.165, 1.54) is 0 Å². The molecule has 0 spiro atoms. The summed E-state index contributed by atoms with van der Waals surface area (Å²) in [6, 6.07) is 9.70. The molecule has 0 fully saturated rings. The Kier molecular flexibility index (Phi) is 5.05. The maximum Gasteiger partial charge on any atom is 0.129 e. The van der Waals surface area contributed by atoms with Gasteiger partial charge in [-0.05, 0) is 52.8 Å². The Morgan fingerprint density at radius 2 is 2.16 bits per heavy atom. The van der Waals surface area contributed by atoms with E-state index in [1.807, 2.05) is 37.4 Å². The second kappa shape index (κ2) is 6.57. The smallest absolute Gasteiger partial charge is 0.129 e. The van der Waals surface area contributed by atoms with Crippen molar-refractivity contribution in [1.82, 2.24) is 5.32 Å². The van der Waals surface area contributed by atoms with Gasteiger partial charge < -0.3 is 14.5 Å². The van der Waals surface area contributed by atoms with Crippen molar-refractivity contribution >= 4 is 27.5 Å². The number of methoxy groups -OCH3 is 1. The largest absolute Gasteiger partial charge is 0.462 e. The molecule has 0 aliphatic heterocycles. The lowest BCUT2D eigenvalue weighted by Crippen LogP contribution is -2.17. The standard InChI is InChI=1S/C14H15BrClNO2/c1-17-14(9-3-5-12(16)11(15)7-9)13-6-4-10(19-13)8-18-2/h3-7,14,17H,8H2,1-2H3. The van der Waals surface area contributed by atoms with Gasteiger partial charge in [0.25, 0.3) is 0 Å². The summed E-state index contributed by atoms with van der Waals surface area (Å²) in [5.41, 5.74) is 1.08. The summed E-state index contributed by atoms with van der Waals surface area (Å²) in [5, 5.41) is 3.93. The van der Waals surface area contributed by atoms with E-state index in [2.05, 4.69) is 21.2 Å². The molecule has 3 nitrogen and oxygen atoms in total. The molecule has 0 saturated heterocycles. The molecule has 1 N–H and O–H groups in total. The van der Waals surface area contributed by atoms with Gasteiger partial charge in [-0.15, -0.1) is 0 Å². The monoisotopic (exact) mass is 343 g/mol. The van der Waals surface area contributed by atoms with Crippen LogP contribution in [0.5, 0.6) is 0 Å². The number of halogens is 2. The minimum Gasteiger partial charge on any atom is -0.462 e. The van der Waals surface area contributed by atoms with E-state index < -0.39 is 0 Å². The second-order valence-electron chi connectivity index (χ2n) is 4.13. The van der Waals surface area contributed by atoms with Crippen LogP contribution in [0.4, 0.5) is 0 Å². The van der Waals surface area contributed by atoms with Gasteiger partial charge in [-0.1, -0.05) is 17.7 Å². The summed E-state index contributed by atoms with van der Waals surface area (Å²) in [5.74, 6) is 1.66. The van der Waals surface area contributed by atoms with Crippen molar-refractivity contribution in [2.24, 2.45) is 0 Å². The number of nitrogens with one attached hydrogen (secondary N) is 1. The molecule has 0 amide bonds. The molecule has 5 heteroatoms. The fourth-order valence-corrected chi connectivity index (χ4v) is 2.45. The van der Waals surface area contributed by atoms with Gasteiger partial charge in [-0.2, -0.15) is 0 Å². The number of benzene rings is 1. The van der Waals surface area contributed by atoms with Crippen molar-refractivity contribution < 1.29 is 9.15 Å².